The Morgan fingerprint density at radius 2 is 1.20 bits per heavy atom. The number of unbranched alkanes of at least 4 members (excludes halogenated alkanes) is 6. The number of rotatable bonds is 35. The fraction of sp³-hybridized carbons (Fsp3) is 0.475. The number of hydrogen-bond acceptors (Lipinski definition) is 11. The summed E-state index contributed by atoms with van der Waals surface area (Å²) >= 11 is 0. The molecule has 0 aliphatic heterocycles. The number of aryl methyl sites for hydroxylation is 4. The Balaban J connectivity index is 0.0000101. The number of aliphatic hydroxyl groups is 1. The maximum absolute atomic E-state index is 13.3. The van der Waals surface area contributed by atoms with Crippen molar-refractivity contribution < 1.29 is 127 Å². The molecule has 0 bridgehead atoms. The molecular formula is C61H77CsO12. The normalized spacial score (nSPS) is 13.8. The standard InChI is InChI=1S/C61H78O12.Cs/c1-6-8-10-12-14-46-39-55(47(37-45(46)4)15-13-11-9-7-2)48-18-22-54-53-21-16-44(3)36-57(53)61(58(54)40-48,51-19-17-49(50(38-51)43-73-65)42-71-33-32-69-29-28-67-25-24-62)52-20-23-59(56(41-52)60(63)64)72-35-34-70-31-30-68-27-26-66-5;/h16-23,36-41,43,62H,6-15,24-35,42H2,1-5H3,(H,63,64);/q;+1/p-1. The average molecular weight is 1140 g/mol. The van der Waals surface area contributed by atoms with Crippen molar-refractivity contribution in [1.29, 1.82) is 0 Å². The predicted octanol–water partition coefficient (Wildman–Crippen LogP) is 6.17. The number of benzene rings is 5. The van der Waals surface area contributed by atoms with Gasteiger partial charge in [0.05, 0.1) is 96.2 Å². The fourth-order valence-corrected chi connectivity index (χ4v) is 9.97. The van der Waals surface area contributed by atoms with Crippen molar-refractivity contribution in [2.24, 2.45) is 0 Å². The molecule has 13 heteroatoms. The minimum atomic E-state index is -1.38. The van der Waals surface area contributed by atoms with E-state index in [1.54, 1.807) is 19.2 Å². The Labute approximate surface area is 498 Å². The second kappa shape index (κ2) is 33.0. The zero-order valence-corrected chi connectivity index (χ0v) is 51.1. The molecule has 6 rings (SSSR count). The minimum absolute atomic E-state index is 0. The van der Waals surface area contributed by atoms with Crippen LogP contribution in [0.4, 0.5) is 0 Å². The van der Waals surface area contributed by atoms with E-state index in [9.17, 15) is 15.2 Å². The SMILES string of the molecule is CCCCCCc1cc(-c2ccc3c(c2)C(c2ccc(COCCOCCOCCO)c(C=[O+][O-])c2)(c2ccc(OCCOCCOCCOC)c(C(=O)[O-])c2)c2cc(C)ccc2-3)c(CCCCCC)cc1C.[Cs+]. The van der Waals surface area contributed by atoms with Crippen molar-refractivity contribution in [3.8, 4) is 28.0 Å². The summed E-state index contributed by atoms with van der Waals surface area (Å²) in [5, 5.41) is 34.3. The Morgan fingerprint density at radius 3 is 1.85 bits per heavy atom. The van der Waals surface area contributed by atoms with E-state index in [-0.39, 0.29) is 113 Å². The monoisotopic (exact) mass is 1130 g/mol. The summed E-state index contributed by atoms with van der Waals surface area (Å²) in [5.41, 5.74) is 12.8. The molecule has 0 amide bonds. The fourth-order valence-electron chi connectivity index (χ4n) is 9.97. The molecule has 1 aliphatic carbocycles. The molecule has 1 atom stereocenters. The third kappa shape index (κ3) is 16.6. The molecule has 0 spiro atoms. The first kappa shape index (κ1) is 61.5. The molecule has 0 saturated heterocycles. The summed E-state index contributed by atoms with van der Waals surface area (Å²) < 4.78 is 43.8. The van der Waals surface area contributed by atoms with Crippen LogP contribution in [0.2, 0.25) is 0 Å². The predicted molar refractivity (Wildman–Crippen MR) is 281 cm³/mol. The zero-order chi connectivity index (χ0) is 51.8. The quantitative estimate of drug-likeness (QED) is 0.0160. The van der Waals surface area contributed by atoms with Gasteiger partial charge < -0.3 is 53.4 Å². The van der Waals surface area contributed by atoms with E-state index in [2.05, 4.69) is 80.8 Å². The number of ether oxygens (including phenoxy) is 7. The van der Waals surface area contributed by atoms with Crippen molar-refractivity contribution >= 4 is 12.3 Å². The van der Waals surface area contributed by atoms with E-state index in [0.717, 1.165) is 83.0 Å². The molecule has 0 fully saturated rings. The van der Waals surface area contributed by atoms with Gasteiger partial charge in [0.1, 0.15) is 12.4 Å². The van der Waals surface area contributed by atoms with E-state index in [4.69, 9.17) is 38.3 Å². The summed E-state index contributed by atoms with van der Waals surface area (Å²) in [6.07, 6.45) is 12.5. The number of aldehydes is 1. The van der Waals surface area contributed by atoms with Crippen LogP contribution < -0.4 is 84.0 Å². The zero-order valence-electron chi connectivity index (χ0n) is 44.9. The van der Waals surface area contributed by atoms with Gasteiger partial charge in [-0.25, -0.2) is 0 Å². The summed E-state index contributed by atoms with van der Waals surface area (Å²) in [7, 11) is 1.62. The molecule has 1 unspecified atom stereocenters. The van der Waals surface area contributed by atoms with Crippen LogP contribution >= 0.6 is 0 Å². The third-order valence-electron chi connectivity index (χ3n) is 13.7. The molecular weight excluding hydrogens is 1060 g/mol. The van der Waals surface area contributed by atoms with Gasteiger partial charge in [-0.1, -0.05) is 119 Å². The van der Waals surface area contributed by atoms with E-state index >= 15 is 0 Å². The summed E-state index contributed by atoms with van der Waals surface area (Å²) in [6, 6.07) is 29.3. The first-order valence-corrected chi connectivity index (χ1v) is 26.3. The molecule has 0 saturated carbocycles. The number of hydrogen-bond donors (Lipinski definition) is 1. The molecule has 0 heterocycles. The van der Waals surface area contributed by atoms with E-state index < -0.39 is 11.4 Å². The Kier molecular flexibility index (Phi) is 27.4. The first-order valence-electron chi connectivity index (χ1n) is 26.3. The summed E-state index contributed by atoms with van der Waals surface area (Å²) in [6.45, 7) is 12.6. The number of carbonyl (C=O) groups excluding carboxylic acids is 2. The molecule has 0 radical (unpaired) electrons. The van der Waals surface area contributed by atoms with E-state index in [1.807, 2.05) is 24.3 Å². The van der Waals surface area contributed by atoms with Gasteiger partial charge in [-0.2, -0.15) is 4.58 Å². The number of aliphatic hydroxyl groups excluding tert-OH is 1. The second-order valence-electron chi connectivity index (χ2n) is 18.8. The van der Waals surface area contributed by atoms with Gasteiger partial charge >= 0.3 is 75.2 Å². The number of fused-ring (bicyclic) bond motifs is 3. The van der Waals surface area contributed by atoms with Crippen LogP contribution in [0.15, 0.2) is 84.9 Å². The molecule has 394 valence electrons. The van der Waals surface area contributed by atoms with Crippen LogP contribution in [0.25, 0.3) is 22.3 Å². The molecule has 1 aliphatic rings. The van der Waals surface area contributed by atoms with Gasteiger partial charge in [-0.05, 0) is 131 Å². The van der Waals surface area contributed by atoms with Crippen molar-refractivity contribution in [3.63, 3.8) is 0 Å². The molecule has 12 nitrogen and oxygen atoms in total. The van der Waals surface area contributed by atoms with Gasteiger partial charge in [0, 0.05) is 12.7 Å². The van der Waals surface area contributed by atoms with Gasteiger partial charge in [-0.15, -0.1) is 0 Å². The Morgan fingerprint density at radius 1 is 0.608 bits per heavy atom. The topological polar surface area (TPSA) is 159 Å². The smallest absolute Gasteiger partial charge is 0.545 e. The Bertz CT molecular complexity index is 2540. The van der Waals surface area contributed by atoms with Crippen LogP contribution in [0.5, 0.6) is 5.75 Å². The molecule has 1 N–H and O–H groups in total. The van der Waals surface area contributed by atoms with Gasteiger partial charge in [0.15, 0.2) is 0 Å². The Hall–Kier alpha value is -3.39. The average Bonchev–Trinajstić information content (AvgIpc) is 3.68. The maximum atomic E-state index is 13.3. The number of carbonyl (C=O) groups is 1. The number of carboxylic acid groups (broad SMARTS) is 1. The molecule has 0 aromatic heterocycles. The number of methoxy groups -OCH3 is 1. The summed E-state index contributed by atoms with van der Waals surface area (Å²) in [4.78, 5) is 13.3. The van der Waals surface area contributed by atoms with E-state index in [1.165, 1.54) is 54.2 Å². The maximum Gasteiger partial charge on any atom is 1.00 e. The van der Waals surface area contributed by atoms with Crippen molar-refractivity contribution in [2.75, 3.05) is 86.4 Å². The summed E-state index contributed by atoms with van der Waals surface area (Å²) in [5.74, 6) is -1.21. The van der Waals surface area contributed by atoms with Crippen LogP contribution in [-0.2, 0) is 53.3 Å². The molecule has 5 aromatic carbocycles. The van der Waals surface area contributed by atoms with E-state index in [0.29, 0.717) is 64.0 Å². The second-order valence-corrected chi connectivity index (χ2v) is 18.8. The van der Waals surface area contributed by atoms with Crippen LogP contribution in [0.1, 0.15) is 136 Å². The largest absolute Gasteiger partial charge is 1.00 e. The van der Waals surface area contributed by atoms with Crippen molar-refractivity contribution in [2.45, 2.75) is 104 Å². The number of aromatic carboxylic acids is 1. The van der Waals surface area contributed by atoms with Crippen molar-refractivity contribution in [3.05, 3.63) is 146 Å². The number of carboxylic acids is 1. The third-order valence-corrected chi connectivity index (χ3v) is 13.7. The van der Waals surface area contributed by atoms with Crippen molar-refractivity contribution in [1.82, 2.24) is 0 Å². The van der Waals surface area contributed by atoms with Gasteiger partial charge in [0.25, 0.3) is 0 Å². The van der Waals surface area contributed by atoms with Crippen LogP contribution in [0, 0.1) is 13.8 Å². The van der Waals surface area contributed by atoms with Gasteiger partial charge in [0.2, 0.25) is 0 Å². The molecule has 5 aromatic rings. The van der Waals surface area contributed by atoms with Crippen LogP contribution in [-0.4, -0.2) is 104 Å². The van der Waals surface area contributed by atoms with Crippen LogP contribution in [0.3, 0.4) is 0 Å². The van der Waals surface area contributed by atoms with Gasteiger partial charge in [-0.3, -0.25) is 0 Å². The minimum Gasteiger partial charge on any atom is -0.545 e. The first-order chi connectivity index (χ1) is 35.7. The molecule has 74 heavy (non-hydrogen) atoms.